The van der Waals surface area contributed by atoms with Gasteiger partial charge in [-0.15, -0.1) is 0 Å². The van der Waals surface area contributed by atoms with Gasteiger partial charge in [0.25, 0.3) is 0 Å². The van der Waals surface area contributed by atoms with Gasteiger partial charge in [0, 0.05) is 13.2 Å². The Morgan fingerprint density at radius 2 is 1.78 bits per heavy atom. The van der Waals surface area contributed by atoms with Gasteiger partial charge < -0.3 is 15.2 Å². The van der Waals surface area contributed by atoms with Crippen molar-refractivity contribution in [1.29, 1.82) is 0 Å². The minimum Gasteiger partial charge on any atom is -0.444 e. The van der Waals surface area contributed by atoms with Crippen molar-refractivity contribution in [2.45, 2.75) is 39.3 Å². The molecule has 18 heavy (non-hydrogen) atoms. The van der Waals surface area contributed by atoms with Gasteiger partial charge in [-0.2, -0.15) is 0 Å². The van der Waals surface area contributed by atoms with Crippen LogP contribution >= 0.6 is 0 Å². The molecule has 0 fully saturated rings. The van der Waals surface area contributed by atoms with Gasteiger partial charge in [-0.1, -0.05) is 24.3 Å². The third kappa shape index (κ3) is 5.68. The predicted octanol–water partition coefficient (Wildman–Crippen LogP) is 2.25. The number of rotatable bonds is 4. The summed E-state index contributed by atoms with van der Waals surface area (Å²) in [5.74, 6) is 0. The van der Waals surface area contributed by atoms with Gasteiger partial charge in [-0.05, 0) is 38.3 Å². The minimum absolute atomic E-state index is 0.148. The van der Waals surface area contributed by atoms with E-state index in [1.807, 2.05) is 45.0 Å². The van der Waals surface area contributed by atoms with Gasteiger partial charge in [0.2, 0.25) is 0 Å². The quantitative estimate of drug-likeness (QED) is 0.863. The average molecular weight is 251 g/mol. The van der Waals surface area contributed by atoms with E-state index in [1.54, 1.807) is 0 Å². The normalized spacial score (nSPS) is 11.1. The smallest absolute Gasteiger partial charge is 0.407 e. The molecule has 0 aliphatic carbocycles. The predicted molar refractivity (Wildman–Crippen MR) is 70.3 cm³/mol. The highest BCUT2D eigenvalue weighted by molar-refractivity contribution is 5.67. The summed E-state index contributed by atoms with van der Waals surface area (Å²) in [5, 5.41) is 11.5. The molecule has 0 heterocycles. The van der Waals surface area contributed by atoms with Gasteiger partial charge in [-0.3, -0.25) is 0 Å². The van der Waals surface area contributed by atoms with Crippen molar-refractivity contribution in [3.05, 3.63) is 35.4 Å². The molecule has 0 aliphatic rings. The van der Waals surface area contributed by atoms with Crippen LogP contribution in [0.15, 0.2) is 24.3 Å². The second-order valence-electron chi connectivity index (χ2n) is 5.15. The number of benzene rings is 1. The van der Waals surface area contributed by atoms with Crippen LogP contribution in [0.5, 0.6) is 0 Å². The summed E-state index contributed by atoms with van der Waals surface area (Å²) in [6, 6.07) is 7.76. The maximum absolute atomic E-state index is 11.4. The average Bonchev–Trinajstić information content (AvgIpc) is 2.26. The maximum atomic E-state index is 11.4. The Balaban J connectivity index is 2.41. The van der Waals surface area contributed by atoms with Gasteiger partial charge in [-0.25, -0.2) is 4.79 Å². The number of hydrogen-bond donors (Lipinski definition) is 2. The molecular formula is C14H21NO3. The van der Waals surface area contributed by atoms with E-state index in [4.69, 9.17) is 9.84 Å². The molecule has 0 saturated carbocycles. The first-order valence-electron chi connectivity index (χ1n) is 6.06. The lowest BCUT2D eigenvalue weighted by Gasteiger charge is -2.19. The minimum atomic E-state index is -0.477. The highest BCUT2D eigenvalue weighted by Gasteiger charge is 2.15. The molecule has 0 radical (unpaired) electrons. The number of amides is 1. The second kappa shape index (κ2) is 6.40. The van der Waals surface area contributed by atoms with Crippen molar-refractivity contribution < 1.29 is 14.6 Å². The molecule has 0 aromatic heterocycles. The van der Waals surface area contributed by atoms with Crippen LogP contribution in [0.1, 0.15) is 31.9 Å². The zero-order valence-corrected chi connectivity index (χ0v) is 11.2. The van der Waals surface area contributed by atoms with Crippen molar-refractivity contribution in [2.75, 3.05) is 6.61 Å². The zero-order valence-electron chi connectivity index (χ0n) is 11.2. The molecule has 0 unspecified atom stereocenters. The number of ether oxygens (including phenoxy) is 1. The molecule has 2 N–H and O–H groups in total. The number of nitrogens with one attached hydrogen (secondary N) is 1. The summed E-state index contributed by atoms with van der Waals surface area (Å²) in [5.41, 5.74) is 1.61. The number of aliphatic hydroxyl groups excluding tert-OH is 1. The lowest BCUT2D eigenvalue weighted by atomic mass is 10.1. The summed E-state index contributed by atoms with van der Waals surface area (Å²) < 4.78 is 5.14. The fraction of sp³-hybridized carbons (Fsp3) is 0.500. The molecule has 0 atom stereocenters. The summed E-state index contributed by atoms with van der Waals surface area (Å²) in [6.07, 6.45) is 0.238. The highest BCUT2D eigenvalue weighted by Crippen LogP contribution is 2.08. The number of aliphatic hydroxyl groups is 1. The van der Waals surface area contributed by atoms with Gasteiger partial charge >= 0.3 is 6.09 Å². The lowest BCUT2D eigenvalue weighted by Crippen LogP contribution is -2.32. The molecular weight excluding hydrogens is 230 g/mol. The van der Waals surface area contributed by atoms with E-state index >= 15 is 0 Å². The molecule has 1 aromatic rings. The molecule has 4 heteroatoms. The Morgan fingerprint density at radius 3 is 2.28 bits per heavy atom. The van der Waals surface area contributed by atoms with Crippen molar-refractivity contribution in [3.8, 4) is 0 Å². The van der Waals surface area contributed by atoms with E-state index in [0.717, 1.165) is 11.1 Å². The summed E-state index contributed by atoms with van der Waals surface area (Å²) in [7, 11) is 0. The van der Waals surface area contributed by atoms with E-state index < -0.39 is 11.7 Å². The standard InChI is InChI=1S/C14H21NO3/c1-14(2,3)18-13(17)15-10-12-6-4-11(5-7-12)8-9-16/h4-7,16H,8-10H2,1-3H3,(H,15,17). The number of alkyl carbamates (subject to hydrolysis) is 1. The van der Waals surface area contributed by atoms with Crippen molar-refractivity contribution in [1.82, 2.24) is 5.32 Å². The Hall–Kier alpha value is -1.55. The Morgan fingerprint density at radius 1 is 1.22 bits per heavy atom. The Bertz CT molecular complexity index is 379. The number of hydrogen-bond acceptors (Lipinski definition) is 3. The van der Waals surface area contributed by atoms with Crippen LogP contribution in [0.3, 0.4) is 0 Å². The van der Waals surface area contributed by atoms with Crippen LogP contribution in [0.4, 0.5) is 4.79 Å². The first-order valence-corrected chi connectivity index (χ1v) is 6.06. The molecule has 4 nitrogen and oxygen atoms in total. The van der Waals surface area contributed by atoms with E-state index in [1.165, 1.54) is 0 Å². The summed E-state index contributed by atoms with van der Waals surface area (Å²) in [6.45, 7) is 6.08. The van der Waals surface area contributed by atoms with Crippen LogP contribution in [0.2, 0.25) is 0 Å². The van der Waals surface area contributed by atoms with Crippen LogP contribution in [-0.2, 0) is 17.7 Å². The summed E-state index contributed by atoms with van der Waals surface area (Å²) in [4.78, 5) is 11.4. The van der Waals surface area contributed by atoms with Gasteiger partial charge in [0.05, 0.1) is 0 Å². The third-order valence-electron chi connectivity index (χ3n) is 2.26. The van der Waals surface area contributed by atoms with Crippen LogP contribution in [0, 0.1) is 0 Å². The fourth-order valence-electron chi connectivity index (χ4n) is 1.44. The van der Waals surface area contributed by atoms with Gasteiger partial charge in [0.1, 0.15) is 5.60 Å². The molecule has 1 rings (SSSR count). The van der Waals surface area contributed by atoms with E-state index in [2.05, 4.69) is 5.32 Å². The second-order valence-corrected chi connectivity index (χ2v) is 5.15. The monoisotopic (exact) mass is 251 g/mol. The Labute approximate surface area is 108 Å². The Kier molecular flexibility index (Phi) is 5.16. The van der Waals surface area contributed by atoms with Crippen LogP contribution < -0.4 is 5.32 Å². The largest absolute Gasteiger partial charge is 0.444 e. The SMILES string of the molecule is CC(C)(C)OC(=O)NCc1ccc(CCO)cc1. The van der Waals surface area contributed by atoms with Crippen LogP contribution in [0.25, 0.3) is 0 Å². The lowest BCUT2D eigenvalue weighted by molar-refractivity contribution is 0.0523. The zero-order chi connectivity index (χ0) is 13.6. The van der Waals surface area contributed by atoms with E-state index in [-0.39, 0.29) is 6.61 Å². The molecule has 0 bridgehead atoms. The molecule has 0 saturated heterocycles. The van der Waals surface area contributed by atoms with E-state index in [0.29, 0.717) is 13.0 Å². The fourth-order valence-corrected chi connectivity index (χ4v) is 1.44. The van der Waals surface area contributed by atoms with Crippen molar-refractivity contribution in [2.24, 2.45) is 0 Å². The molecule has 0 spiro atoms. The first-order chi connectivity index (χ1) is 8.40. The maximum Gasteiger partial charge on any atom is 0.407 e. The highest BCUT2D eigenvalue weighted by atomic mass is 16.6. The number of carbonyl (C=O) groups excluding carboxylic acids is 1. The molecule has 1 aromatic carbocycles. The molecule has 100 valence electrons. The third-order valence-corrected chi connectivity index (χ3v) is 2.26. The van der Waals surface area contributed by atoms with E-state index in [9.17, 15) is 4.79 Å². The summed E-state index contributed by atoms with van der Waals surface area (Å²) >= 11 is 0. The van der Waals surface area contributed by atoms with Crippen molar-refractivity contribution in [3.63, 3.8) is 0 Å². The molecule has 1 amide bonds. The first kappa shape index (κ1) is 14.5. The van der Waals surface area contributed by atoms with Crippen LogP contribution in [-0.4, -0.2) is 23.4 Å². The van der Waals surface area contributed by atoms with Crippen molar-refractivity contribution >= 4 is 6.09 Å². The van der Waals surface area contributed by atoms with Gasteiger partial charge in [0.15, 0.2) is 0 Å². The molecule has 0 aliphatic heterocycles. The topological polar surface area (TPSA) is 58.6 Å². The number of carbonyl (C=O) groups is 1.